The summed E-state index contributed by atoms with van der Waals surface area (Å²) >= 11 is 0. The Labute approximate surface area is 256 Å². The first-order valence-corrected chi connectivity index (χ1v) is 15.6. The molecule has 11 heteroatoms. The number of hydrogen-bond donors (Lipinski definition) is 1. The molecule has 0 saturated carbocycles. The molecule has 3 aliphatic rings. The van der Waals surface area contributed by atoms with E-state index in [0.717, 1.165) is 73.9 Å². The lowest BCUT2D eigenvalue weighted by atomic mass is 9.82. The van der Waals surface area contributed by atoms with Gasteiger partial charge in [-0.25, -0.2) is 24.3 Å². The molecule has 1 atom stereocenters. The van der Waals surface area contributed by atoms with Crippen molar-refractivity contribution in [3.63, 3.8) is 0 Å². The number of benzene rings is 1. The van der Waals surface area contributed by atoms with Crippen LogP contribution in [0.3, 0.4) is 0 Å². The second-order valence-electron chi connectivity index (χ2n) is 13.1. The maximum absolute atomic E-state index is 13.1. The van der Waals surface area contributed by atoms with Crippen molar-refractivity contribution in [1.82, 2.24) is 39.2 Å². The molecule has 0 bridgehead atoms. The molecule has 3 aliphatic heterocycles. The van der Waals surface area contributed by atoms with Crippen LogP contribution in [0.1, 0.15) is 43.1 Å². The van der Waals surface area contributed by atoms with Crippen molar-refractivity contribution in [3.8, 4) is 0 Å². The molecule has 8 rings (SSSR count). The van der Waals surface area contributed by atoms with Crippen molar-refractivity contribution in [2.45, 2.75) is 50.5 Å². The lowest BCUT2D eigenvalue weighted by Crippen LogP contribution is -2.52. The van der Waals surface area contributed by atoms with Gasteiger partial charge in [-0.15, -0.1) is 0 Å². The molecular formula is C33H38N10O. The molecule has 0 aliphatic carbocycles. The number of rotatable bonds is 6. The van der Waals surface area contributed by atoms with Crippen LogP contribution in [0, 0.1) is 6.92 Å². The van der Waals surface area contributed by atoms with E-state index in [9.17, 15) is 4.79 Å². The number of nitrogens with zero attached hydrogens (tertiary/aromatic N) is 9. The molecule has 1 N–H and O–H groups in total. The lowest BCUT2D eigenvalue weighted by Gasteiger charge is -2.39. The van der Waals surface area contributed by atoms with Crippen LogP contribution in [0.4, 0.5) is 16.3 Å². The van der Waals surface area contributed by atoms with Gasteiger partial charge in [0.2, 0.25) is 0 Å². The number of aryl methyl sites for hydroxylation is 1. The van der Waals surface area contributed by atoms with Gasteiger partial charge in [-0.1, -0.05) is 37.3 Å². The highest BCUT2D eigenvalue weighted by Gasteiger charge is 2.44. The van der Waals surface area contributed by atoms with Crippen molar-refractivity contribution >= 4 is 28.8 Å². The van der Waals surface area contributed by atoms with Crippen LogP contribution in [-0.2, 0) is 11.8 Å². The molecule has 0 radical (unpaired) electrons. The third kappa shape index (κ3) is 4.61. The van der Waals surface area contributed by atoms with Gasteiger partial charge >= 0.3 is 6.03 Å². The fraction of sp³-hybridized carbons (Fsp3) is 0.424. The fourth-order valence-corrected chi connectivity index (χ4v) is 7.40. The molecule has 226 valence electrons. The van der Waals surface area contributed by atoms with E-state index >= 15 is 0 Å². The van der Waals surface area contributed by atoms with Crippen molar-refractivity contribution in [3.05, 3.63) is 84.3 Å². The summed E-state index contributed by atoms with van der Waals surface area (Å²) in [5.74, 6) is 1.67. The minimum absolute atomic E-state index is 0.00432. The van der Waals surface area contributed by atoms with Crippen LogP contribution < -0.4 is 15.1 Å². The monoisotopic (exact) mass is 590 g/mol. The number of amides is 2. The molecule has 4 aromatic heterocycles. The summed E-state index contributed by atoms with van der Waals surface area (Å²) < 4.78 is 3.92. The summed E-state index contributed by atoms with van der Waals surface area (Å²) in [6.45, 7) is 9.40. The zero-order valence-corrected chi connectivity index (χ0v) is 25.4. The highest BCUT2D eigenvalue weighted by atomic mass is 16.2. The number of aromatic nitrogens is 6. The van der Waals surface area contributed by atoms with E-state index in [2.05, 4.69) is 81.5 Å². The number of urea groups is 1. The summed E-state index contributed by atoms with van der Waals surface area (Å²) in [6.07, 6.45) is 13.1. The van der Waals surface area contributed by atoms with E-state index in [1.165, 1.54) is 11.3 Å². The van der Waals surface area contributed by atoms with Crippen molar-refractivity contribution in [2.24, 2.45) is 0 Å². The minimum atomic E-state index is -0.212. The van der Waals surface area contributed by atoms with Gasteiger partial charge in [-0.05, 0) is 43.4 Å². The average molecular weight is 591 g/mol. The first-order valence-electron chi connectivity index (χ1n) is 15.6. The second-order valence-corrected chi connectivity index (χ2v) is 13.1. The summed E-state index contributed by atoms with van der Waals surface area (Å²) in [6, 6.07) is 13.1. The van der Waals surface area contributed by atoms with E-state index < -0.39 is 0 Å². The number of carbonyl (C=O) groups excluding carboxylic acids is 1. The Balaban J connectivity index is 0.916. The van der Waals surface area contributed by atoms with E-state index in [0.29, 0.717) is 19.5 Å². The average Bonchev–Trinajstić information content (AvgIpc) is 3.83. The van der Waals surface area contributed by atoms with Crippen molar-refractivity contribution in [1.29, 1.82) is 0 Å². The van der Waals surface area contributed by atoms with Crippen LogP contribution in [0.25, 0.3) is 11.3 Å². The van der Waals surface area contributed by atoms with E-state index in [4.69, 9.17) is 10.1 Å². The highest BCUT2D eigenvalue weighted by molar-refractivity contribution is 5.78. The van der Waals surface area contributed by atoms with E-state index in [1.807, 2.05) is 32.4 Å². The van der Waals surface area contributed by atoms with Gasteiger partial charge in [-0.3, -0.25) is 0 Å². The van der Waals surface area contributed by atoms with Gasteiger partial charge in [-0.2, -0.15) is 5.10 Å². The SMILES string of the molecule is Cc1cc(N2CC[C@](C)(c3ccccc3)C2)cn2nc(CCN3CC4(CCN(c5nccn6ccnc56)CC4)NC3=O)nc12. The maximum atomic E-state index is 13.1. The maximum Gasteiger partial charge on any atom is 0.317 e. The van der Waals surface area contributed by atoms with Gasteiger partial charge in [0, 0.05) is 75.9 Å². The van der Waals surface area contributed by atoms with Crippen molar-refractivity contribution < 1.29 is 4.79 Å². The van der Waals surface area contributed by atoms with Crippen LogP contribution in [0.15, 0.2) is 67.4 Å². The molecule has 5 aromatic rings. The van der Waals surface area contributed by atoms with Gasteiger partial charge < -0.3 is 24.4 Å². The predicted octanol–water partition coefficient (Wildman–Crippen LogP) is 3.86. The Morgan fingerprint density at radius 3 is 2.52 bits per heavy atom. The number of hydrogen-bond acceptors (Lipinski definition) is 7. The first kappa shape index (κ1) is 26.9. The molecule has 2 amide bonds. The molecule has 3 fully saturated rings. The Morgan fingerprint density at radius 2 is 1.70 bits per heavy atom. The number of pyridine rings is 1. The number of carbonyl (C=O) groups is 1. The molecule has 1 aromatic carbocycles. The highest BCUT2D eigenvalue weighted by Crippen LogP contribution is 2.37. The second kappa shape index (κ2) is 10.2. The number of imidazole rings is 1. The third-order valence-corrected chi connectivity index (χ3v) is 10.0. The predicted molar refractivity (Wildman–Crippen MR) is 169 cm³/mol. The summed E-state index contributed by atoms with van der Waals surface area (Å²) in [5, 5.41) is 8.17. The Bertz CT molecular complexity index is 1840. The van der Waals surface area contributed by atoms with Gasteiger partial charge in [0.15, 0.2) is 22.9 Å². The summed E-state index contributed by atoms with van der Waals surface area (Å²) in [7, 11) is 0. The van der Waals surface area contributed by atoms with Crippen molar-refractivity contribution in [2.75, 3.05) is 49.1 Å². The smallest absolute Gasteiger partial charge is 0.317 e. The molecule has 11 nitrogen and oxygen atoms in total. The minimum Gasteiger partial charge on any atom is -0.369 e. The first-order chi connectivity index (χ1) is 21.4. The zero-order valence-electron chi connectivity index (χ0n) is 25.4. The molecular weight excluding hydrogens is 552 g/mol. The van der Waals surface area contributed by atoms with Crippen LogP contribution in [0.5, 0.6) is 0 Å². The number of anilines is 2. The normalized spacial score (nSPS) is 21.7. The van der Waals surface area contributed by atoms with E-state index in [1.54, 1.807) is 6.20 Å². The molecule has 44 heavy (non-hydrogen) atoms. The Hall–Kier alpha value is -4.67. The third-order valence-electron chi connectivity index (χ3n) is 10.0. The number of piperidine rings is 1. The van der Waals surface area contributed by atoms with Gasteiger partial charge in [0.25, 0.3) is 0 Å². The summed E-state index contributed by atoms with van der Waals surface area (Å²) in [4.78, 5) is 33.7. The number of nitrogens with one attached hydrogen (secondary N) is 1. The van der Waals surface area contributed by atoms with Gasteiger partial charge in [0.1, 0.15) is 0 Å². The largest absolute Gasteiger partial charge is 0.369 e. The van der Waals surface area contributed by atoms with Crippen LogP contribution in [0.2, 0.25) is 0 Å². The van der Waals surface area contributed by atoms with Crippen LogP contribution in [-0.4, -0.2) is 84.7 Å². The van der Waals surface area contributed by atoms with Gasteiger partial charge in [0.05, 0.1) is 17.4 Å². The Morgan fingerprint density at radius 1 is 0.932 bits per heavy atom. The lowest BCUT2D eigenvalue weighted by molar-refractivity contribution is 0.217. The zero-order chi connectivity index (χ0) is 29.9. The van der Waals surface area contributed by atoms with E-state index in [-0.39, 0.29) is 17.0 Å². The molecule has 3 saturated heterocycles. The standard InChI is InChI=1S/C33H38N10O/c1-24-20-26(41-15-9-32(2,22-41)25-6-4-3-5-7-25)21-43-28(24)36-27(38-43)8-14-42-23-33(37-31(42)44)10-16-39(17-11-33)29-30-35-13-19-40(30)18-12-34-29/h3-7,12-13,18-21H,8-11,14-17,22-23H2,1-2H3,(H,37,44)/t32-/m0/s1. The quantitative estimate of drug-likeness (QED) is 0.321. The number of fused-ring (bicyclic) bond motifs is 2. The molecule has 1 spiro atoms. The summed E-state index contributed by atoms with van der Waals surface area (Å²) in [5.41, 5.74) is 5.35. The van der Waals surface area contributed by atoms with Crippen LogP contribution >= 0.6 is 0 Å². The Kier molecular flexibility index (Phi) is 6.25. The topological polar surface area (TPSA) is 99.2 Å². The molecule has 7 heterocycles. The molecule has 0 unspecified atom stereocenters. The fourth-order valence-electron chi connectivity index (χ4n) is 7.40.